The lowest BCUT2D eigenvalue weighted by Crippen LogP contribution is -2.32. The summed E-state index contributed by atoms with van der Waals surface area (Å²) in [5.41, 5.74) is 1.17. The van der Waals surface area contributed by atoms with Gasteiger partial charge >= 0.3 is 0 Å². The number of imidazole rings is 1. The Labute approximate surface area is 90.5 Å². The maximum Gasteiger partial charge on any atom is 0.146 e. The fraction of sp³-hybridized carbons (Fsp3) is 0.636. The molecule has 1 unspecified atom stereocenters. The van der Waals surface area contributed by atoms with Crippen LogP contribution in [0.15, 0.2) is 12.5 Å². The summed E-state index contributed by atoms with van der Waals surface area (Å²) in [6, 6.07) is 0.0202. The molecule has 0 amide bonds. The number of nitrogens with zero attached hydrogens (tertiary/aromatic N) is 1. The number of Topliss-reactive ketones (excluding diaryl/α,β-unsaturated/α-hetero) is 1. The van der Waals surface area contributed by atoms with E-state index in [0.29, 0.717) is 0 Å². The second-order valence-electron chi connectivity index (χ2n) is 3.77. The largest absolute Gasteiger partial charge is 0.348 e. The number of nitrogens with one attached hydrogen (secondary N) is 2. The number of rotatable bonds is 7. The molecule has 1 atom stereocenters. The van der Waals surface area contributed by atoms with Crippen LogP contribution in [0.2, 0.25) is 0 Å². The zero-order valence-corrected chi connectivity index (χ0v) is 9.42. The minimum absolute atomic E-state index is 0.0202. The molecule has 0 fully saturated rings. The van der Waals surface area contributed by atoms with E-state index in [2.05, 4.69) is 15.3 Å². The summed E-state index contributed by atoms with van der Waals surface area (Å²) in [6.45, 7) is 1.63. The molecule has 1 aromatic heterocycles. The van der Waals surface area contributed by atoms with Crippen molar-refractivity contribution in [2.45, 2.75) is 38.6 Å². The van der Waals surface area contributed by atoms with E-state index in [4.69, 9.17) is 0 Å². The zero-order valence-electron chi connectivity index (χ0n) is 9.42. The molecule has 1 rings (SSSR count). The Bertz CT molecular complexity index is 282. The summed E-state index contributed by atoms with van der Waals surface area (Å²) >= 11 is 0. The van der Waals surface area contributed by atoms with Crippen molar-refractivity contribution < 1.29 is 4.79 Å². The number of hydrogen-bond donors (Lipinski definition) is 2. The number of carbonyl (C=O) groups is 1. The average molecular weight is 209 g/mol. The van der Waals surface area contributed by atoms with Crippen molar-refractivity contribution in [3.05, 3.63) is 18.2 Å². The molecular formula is C11H19N3O. The second kappa shape index (κ2) is 6.35. The Kier molecular flexibility index (Phi) is 5.04. The molecular weight excluding hydrogens is 190 g/mol. The van der Waals surface area contributed by atoms with Crippen LogP contribution in [0.3, 0.4) is 0 Å². The molecule has 0 saturated heterocycles. The molecule has 0 aliphatic carbocycles. The van der Waals surface area contributed by atoms with Crippen LogP contribution in [0, 0.1) is 0 Å². The Balaban J connectivity index is 2.13. The number of ketones is 1. The van der Waals surface area contributed by atoms with Crippen LogP contribution in [0.25, 0.3) is 0 Å². The van der Waals surface area contributed by atoms with Gasteiger partial charge in [0.15, 0.2) is 0 Å². The highest BCUT2D eigenvalue weighted by Crippen LogP contribution is 2.05. The first kappa shape index (κ1) is 11.9. The first-order valence-corrected chi connectivity index (χ1v) is 5.39. The van der Waals surface area contributed by atoms with Crippen molar-refractivity contribution >= 4 is 5.78 Å². The van der Waals surface area contributed by atoms with E-state index in [-0.39, 0.29) is 11.8 Å². The van der Waals surface area contributed by atoms with E-state index < -0.39 is 0 Å². The highest BCUT2D eigenvalue weighted by molar-refractivity contribution is 5.81. The number of aryl methyl sites for hydroxylation is 1. The Morgan fingerprint density at radius 2 is 2.40 bits per heavy atom. The topological polar surface area (TPSA) is 57.8 Å². The van der Waals surface area contributed by atoms with Crippen LogP contribution >= 0.6 is 0 Å². The number of hydrogen-bond acceptors (Lipinski definition) is 3. The highest BCUT2D eigenvalue weighted by atomic mass is 16.1. The molecule has 4 nitrogen and oxygen atoms in total. The van der Waals surface area contributed by atoms with Gasteiger partial charge in [-0.3, -0.25) is 4.79 Å². The van der Waals surface area contributed by atoms with Gasteiger partial charge in [0.25, 0.3) is 0 Å². The van der Waals surface area contributed by atoms with Gasteiger partial charge in [0.1, 0.15) is 5.78 Å². The minimum atomic E-state index is 0.0202. The van der Waals surface area contributed by atoms with E-state index in [1.807, 2.05) is 13.2 Å². The molecule has 15 heavy (non-hydrogen) atoms. The number of likely N-dealkylation sites (N-methyl/N-ethyl adjacent to an activating group) is 1. The predicted octanol–water partition coefficient (Wildman–Crippen LogP) is 1.30. The van der Waals surface area contributed by atoms with Gasteiger partial charge in [-0.1, -0.05) is 6.42 Å². The Morgan fingerprint density at radius 3 is 2.93 bits per heavy atom. The average Bonchev–Trinajstić information content (AvgIpc) is 2.70. The lowest BCUT2D eigenvalue weighted by atomic mass is 10.0. The van der Waals surface area contributed by atoms with Gasteiger partial charge in [0.05, 0.1) is 12.4 Å². The van der Waals surface area contributed by atoms with Gasteiger partial charge in [-0.15, -0.1) is 0 Å². The van der Waals surface area contributed by atoms with Crippen LogP contribution in [0.4, 0.5) is 0 Å². The van der Waals surface area contributed by atoms with Crippen molar-refractivity contribution in [2.24, 2.45) is 0 Å². The van der Waals surface area contributed by atoms with Gasteiger partial charge in [-0.25, -0.2) is 4.98 Å². The SMILES string of the molecule is CNC(CCCCc1cnc[nH]1)C(C)=O. The molecule has 1 heterocycles. The van der Waals surface area contributed by atoms with Gasteiger partial charge in [0.2, 0.25) is 0 Å². The highest BCUT2D eigenvalue weighted by Gasteiger charge is 2.10. The first-order chi connectivity index (χ1) is 7.24. The lowest BCUT2D eigenvalue weighted by molar-refractivity contribution is -0.119. The van der Waals surface area contributed by atoms with Gasteiger partial charge in [-0.05, 0) is 33.2 Å². The van der Waals surface area contributed by atoms with E-state index in [1.165, 1.54) is 5.69 Å². The smallest absolute Gasteiger partial charge is 0.146 e. The molecule has 0 aliphatic heterocycles. The van der Waals surface area contributed by atoms with Gasteiger partial charge < -0.3 is 10.3 Å². The molecule has 0 spiro atoms. The fourth-order valence-corrected chi connectivity index (χ4v) is 1.64. The zero-order chi connectivity index (χ0) is 11.1. The molecule has 84 valence electrons. The summed E-state index contributed by atoms with van der Waals surface area (Å²) in [4.78, 5) is 18.1. The third-order valence-electron chi connectivity index (χ3n) is 2.58. The first-order valence-electron chi connectivity index (χ1n) is 5.39. The maximum atomic E-state index is 11.1. The van der Waals surface area contributed by atoms with E-state index in [9.17, 15) is 4.79 Å². The van der Waals surface area contributed by atoms with Crippen LogP contribution < -0.4 is 5.32 Å². The minimum Gasteiger partial charge on any atom is -0.348 e. The molecule has 1 aromatic rings. The quantitative estimate of drug-likeness (QED) is 0.665. The van der Waals surface area contributed by atoms with E-state index in [0.717, 1.165) is 25.7 Å². The van der Waals surface area contributed by atoms with Crippen molar-refractivity contribution in [3.63, 3.8) is 0 Å². The molecule has 0 aromatic carbocycles. The lowest BCUT2D eigenvalue weighted by Gasteiger charge is -2.11. The van der Waals surface area contributed by atoms with Crippen LogP contribution in [0.1, 0.15) is 31.9 Å². The normalized spacial score (nSPS) is 12.7. The van der Waals surface area contributed by atoms with Crippen molar-refractivity contribution in [3.8, 4) is 0 Å². The van der Waals surface area contributed by atoms with Crippen LogP contribution in [-0.4, -0.2) is 28.8 Å². The van der Waals surface area contributed by atoms with E-state index in [1.54, 1.807) is 13.3 Å². The number of aromatic amines is 1. The standard InChI is InChI=1S/C11H19N3O/c1-9(15)11(12-2)6-4-3-5-10-7-13-8-14-10/h7-8,11-12H,3-6H2,1-2H3,(H,13,14). The van der Waals surface area contributed by atoms with Crippen molar-refractivity contribution in [1.29, 1.82) is 0 Å². The number of carbonyl (C=O) groups excluding carboxylic acids is 1. The third kappa shape index (κ3) is 4.25. The molecule has 0 bridgehead atoms. The number of aromatic nitrogens is 2. The Hall–Kier alpha value is -1.16. The summed E-state index contributed by atoms with van der Waals surface area (Å²) in [6.07, 6.45) is 7.62. The Morgan fingerprint density at radius 1 is 1.60 bits per heavy atom. The molecule has 4 heteroatoms. The van der Waals surface area contributed by atoms with Gasteiger partial charge in [-0.2, -0.15) is 0 Å². The molecule has 0 saturated carbocycles. The monoisotopic (exact) mass is 209 g/mol. The summed E-state index contributed by atoms with van der Waals surface area (Å²) in [7, 11) is 1.83. The second-order valence-corrected chi connectivity index (χ2v) is 3.77. The molecule has 2 N–H and O–H groups in total. The predicted molar refractivity (Wildman–Crippen MR) is 59.7 cm³/mol. The fourth-order valence-electron chi connectivity index (χ4n) is 1.64. The summed E-state index contributed by atoms with van der Waals surface area (Å²) in [5.74, 6) is 0.221. The summed E-state index contributed by atoms with van der Waals surface area (Å²) in [5, 5.41) is 3.03. The van der Waals surface area contributed by atoms with Gasteiger partial charge in [0, 0.05) is 11.9 Å². The van der Waals surface area contributed by atoms with Crippen molar-refractivity contribution in [1.82, 2.24) is 15.3 Å². The number of H-pyrrole nitrogens is 1. The maximum absolute atomic E-state index is 11.1. The third-order valence-corrected chi connectivity index (χ3v) is 2.58. The molecule has 0 radical (unpaired) electrons. The van der Waals surface area contributed by atoms with E-state index >= 15 is 0 Å². The molecule has 0 aliphatic rings. The van der Waals surface area contributed by atoms with Crippen molar-refractivity contribution in [2.75, 3.05) is 7.05 Å². The van der Waals surface area contributed by atoms with Crippen LogP contribution in [0.5, 0.6) is 0 Å². The van der Waals surface area contributed by atoms with Crippen LogP contribution in [-0.2, 0) is 11.2 Å². The number of unbranched alkanes of at least 4 members (excludes halogenated alkanes) is 1. The summed E-state index contributed by atoms with van der Waals surface area (Å²) < 4.78 is 0.